The Morgan fingerprint density at radius 1 is 1.03 bits per heavy atom. The van der Waals surface area contributed by atoms with Gasteiger partial charge >= 0.3 is 0 Å². The Morgan fingerprint density at radius 2 is 1.88 bits per heavy atom. The topological polar surface area (TPSA) is 92.3 Å². The zero-order valence-corrected chi connectivity index (χ0v) is 18.3. The highest BCUT2D eigenvalue weighted by molar-refractivity contribution is 5.94. The molecule has 1 fully saturated rings. The third-order valence-electron chi connectivity index (χ3n) is 5.47. The van der Waals surface area contributed by atoms with Crippen molar-refractivity contribution >= 4 is 39.8 Å². The van der Waals surface area contributed by atoms with Crippen LogP contribution in [0.5, 0.6) is 0 Å². The molecular weight excluding hydrogens is 416 g/mol. The molecule has 0 bridgehead atoms. The van der Waals surface area contributed by atoms with Gasteiger partial charge < -0.3 is 20.3 Å². The van der Waals surface area contributed by atoms with E-state index in [4.69, 9.17) is 9.72 Å². The van der Waals surface area contributed by atoms with E-state index in [1.165, 1.54) is 6.92 Å². The lowest BCUT2D eigenvalue weighted by molar-refractivity contribution is -0.114. The molecule has 33 heavy (non-hydrogen) atoms. The maximum atomic E-state index is 11.5. The number of pyridine rings is 1. The number of para-hydroxylation sites is 3. The summed E-state index contributed by atoms with van der Waals surface area (Å²) in [6.45, 7) is 4.61. The van der Waals surface area contributed by atoms with Crippen molar-refractivity contribution in [3.8, 4) is 11.3 Å². The normalized spacial score (nSPS) is 13.7. The molecular formula is C25H24N6O2. The minimum atomic E-state index is -0.127. The average molecular weight is 441 g/mol. The van der Waals surface area contributed by atoms with Gasteiger partial charge in [0, 0.05) is 49.0 Å². The quantitative estimate of drug-likeness (QED) is 0.480. The molecule has 8 nitrogen and oxygen atoms in total. The average Bonchev–Trinajstić information content (AvgIpc) is 2.84. The lowest BCUT2D eigenvalue weighted by Gasteiger charge is -2.30. The van der Waals surface area contributed by atoms with Crippen LogP contribution < -0.4 is 15.5 Å². The third kappa shape index (κ3) is 4.61. The summed E-state index contributed by atoms with van der Waals surface area (Å²) < 4.78 is 5.50. The predicted octanol–water partition coefficient (Wildman–Crippen LogP) is 4.23. The molecule has 1 amide bonds. The molecule has 2 aromatic carbocycles. The standard InChI is InChI=1S/C25H24N6O2/c1-17(32)28-19-9-10-26-22(15-19)20-6-4-5-18-16-27-25(30-24(18)20)29-21-7-2-3-8-23(21)31-11-13-33-14-12-31/h2-10,15-16H,11-14H2,1H3,(H,26,28,32)(H,27,29,30). The van der Waals surface area contributed by atoms with Crippen molar-refractivity contribution in [2.75, 3.05) is 41.8 Å². The van der Waals surface area contributed by atoms with E-state index in [0.29, 0.717) is 24.8 Å². The van der Waals surface area contributed by atoms with E-state index in [0.717, 1.165) is 46.6 Å². The molecule has 0 radical (unpaired) electrons. The van der Waals surface area contributed by atoms with Gasteiger partial charge in [-0.1, -0.05) is 30.3 Å². The number of carbonyl (C=O) groups excluding carboxylic acids is 1. The first-order valence-electron chi connectivity index (χ1n) is 10.9. The molecule has 166 valence electrons. The van der Waals surface area contributed by atoms with Gasteiger partial charge in [-0.3, -0.25) is 9.78 Å². The van der Waals surface area contributed by atoms with E-state index in [2.05, 4.69) is 31.6 Å². The molecule has 0 unspecified atom stereocenters. The van der Waals surface area contributed by atoms with Gasteiger partial charge in [-0.05, 0) is 24.3 Å². The van der Waals surface area contributed by atoms with Gasteiger partial charge in [-0.25, -0.2) is 9.97 Å². The van der Waals surface area contributed by atoms with Crippen LogP contribution in [0.4, 0.5) is 23.0 Å². The van der Waals surface area contributed by atoms with Crippen molar-refractivity contribution in [3.63, 3.8) is 0 Å². The minimum Gasteiger partial charge on any atom is -0.378 e. The lowest BCUT2D eigenvalue weighted by atomic mass is 10.1. The Morgan fingerprint density at radius 3 is 2.73 bits per heavy atom. The van der Waals surface area contributed by atoms with Gasteiger partial charge in [0.2, 0.25) is 11.9 Å². The van der Waals surface area contributed by atoms with E-state index in [9.17, 15) is 4.79 Å². The number of nitrogens with zero attached hydrogens (tertiary/aromatic N) is 4. The molecule has 1 aliphatic rings. The summed E-state index contributed by atoms with van der Waals surface area (Å²) in [6.07, 6.45) is 3.49. The number of benzene rings is 2. The van der Waals surface area contributed by atoms with Crippen LogP contribution in [-0.2, 0) is 9.53 Å². The molecule has 4 aromatic rings. The smallest absolute Gasteiger partial charge is 0.227 e. The highest BCUT2D eigenvalue weighted by atomic mass is 16.5. The van der Waals surface area contributed by atoms with Gasteiger partial charge in [0.25, 0.3) is 0 Å². The third-order valence-corrected chi connectivity index (χ3v) is 5.47. The fourth-order valence-electron chi connectivity index (χ4n) is 3.96. The van der Waals surface area contributed by atoms with E-state index in [1.54, 1.807) is 12.3 Å². The summed E-state index contributed by atoms with van der Waals surface area (Å²) in [5.74, 6) is 0.381. The van der Waals surface area contributed by atoms with Crippen molar-refractivity contribution in [2.45, 2.75) is 6.92 Å². The maximum absolute atomic E-state index is 11.5. The maximum Gasteiger partial charge on any atom is 0.227 e. The van der Waals surface area contributed by atoms with E-state index < -0.39 is 0 Å². The number of amides is 1. The zero-order chi connectivity index (χ0) is 22.6. The number of nitrogens with one attached hydrogen (secondary N) is 2. The Balaban J connectivity index is 1.51. The molecule has 1 aliphatic heterocycles. The second-order valence-electron chi connectivity index (χ2n) is 7.79. The monoisotopic (exact) mass is 440 g/mol. The second kappa shape index (κ2) is 9.22. The van der Waals surface area contributed by atoms with Crippen LogP contribution in [0.1, 0.15) is 6.92 Å². The van der Waals surface area contributed by atoms with Crippen LogP contribution in [0.3, 0.4) is 0 Å². The minimum absolute atomic E-state index is 0.127. The van der Waals surface area contributed by atoms with Gasteiger partial charge in [0.15, 0.2) is 0 Å². The lowest BCUT2D eigenvalue weighted by Crippen LogP contribution is -2.36. The predicted molar refractivity (Wildman–Crippen MR) is 130 cm³/mol. The van der Waals surface area contributed by atoms with Gasteiger partial charge in [0.05, 0.1) is 35.8 Å². The largest absolute Gasteiger partial charge is 0.378 e. The van der Waals surface area contributed by atoms with Crippen LogP contribution in [0.25, 0.3) is 22.2 Å². The molecule has 2 aromatic heterocycles. The van der Waals surface area contributed by atoms with E-state index in [-0.39, 0.29) is 5.91 Å². The molecule has 2 N–H and O–H groups in total. The van der Waals surface area contributed by atoms with Crippen molar-refractivity contribution in [1.29, 1.82) is 0 Å². The van der Waals surface area contributed by atoms with E-state index in [1.807, 2.05) is 48.7 Å². The highest BCUT2D eigenvalue weighted by Crippen LogP contribution is 2.31. The first-order valence-corrected chi connectivity index (χ1v) is 10.9. The number of carbonyl (C=O) groups is 1. The van der Waals surface area contributed by atoms with Gasteiger partial charge in [-0.15, -0.1) is 0 Å². The van der Waals surface area contributed by atoms with Crippen LogP contribution in [0.2, 0.25) is 0 Å². The van der Waals surface area contributed by atoms with Gasteiger partial charge in [0.1, 0.15) is 0 Å². The fraction of sp³-hybridized carbons (Fsp3) is 0.200. The molecule has 5 rings (SSSR count). The number of rotatable bonds is 5. The molecule has 3 heterocycles. The zero-order valence-electron chi connectivity index (χ0n) is 18.3. The van der Waals surface area contributed by atoms with Crippen LogP contribution >= 0.6 is 0 Å². The summed E-state index contributed by atoms with van der Waals surface area (Å²) in [7, 11) is 0. The number of ether oxygens (including phenoxy) is 1. The fourth-order valence-corrected chi connectivity index (χ4v) is 3.96. The Bertz CT molecular complexity index is 1300. The number of aromatic nitrogens is 3. The molecule has 0 spiro atoms. The SMILES string of the molecule is CC(=O)Nc1ccnc(-c2cccc3cnc(Nc4ccccc4N4CCOCC4)nc23)c1. The van der Waals surface area contributed by atoms with Crippen LogP contribution in [0, 0.1) is 0 Å². The summed E-state index contributed by atoms with van der Waals surface area (Å²) >= 11 is 0. The van der Waals surface area contributed by atoms with Crippen LogP contribution in [0.15, 0.2) is 67.0 Å². The molecule has 8 heteroatoms. The van der Waals surface area contributed by atoms with Crippen molar-refractivity contribution in [3.05, 3.63) is 67.0 Å². The Hall–Kier alpha value is -4.04. The summed E-state index contributed by atoms with van der Waals surface area (Å²) in [5, 5.41) is 7.11. The number of hydrogen-bond acceptors (Lipinski definition) is 7. The van der Waals surface area contributed by atoms with Crippen molar-refractivity contribution in [1.82, 2.24) is 15.0 Å². The van der Waals surface area contributed by atoms with Gasteiger partial charge in [-0.2, -0.15) is 0 Å². The number of anilines is 4. The highest BCUT2D eigenvalue weighted by Gasteiger charge is 2.16. The van der Waals surface area contributed by atoms with Crippen molar-refractivity contribution < 1.29 is 9.53 Å². The number of hydrogen-bond donors (Lipinski definition) is 2. The van der Waals surface area contributed by atoms with Crippen molar-refractivity contribution in [2.24, 2.45) is 0 Å². The number of morpholine rings is 1. The van der Waals surface area contributed by atoms with Crippen LogP contribution in [-0.4, -0.2) is 47.2 Å². The van der Waals surface area contributed by atoms with E-state index >= 15 is 0 Å². The Labute approximate surface area is 191 Å². The summed E-state index contributed by atoms with van der Waals surface area (Å²) in [6, 6.07) is 17.7. The second-order valence-corrected chi connectivity index (χ2v) is 7.79. The Kier molecular flexibility index (Phi) is 5.82. The number of fused-ring (bicyclic) bond motifs is 1. The first-order chi connectivity index (χ1) is 16.2. The molecule has 0 saturated carbocycles. The summed E-state index contributed by atoms with van der Waals surface area (Å²) in [5.41, 5.74) is 5.11. The summed E-state index contributed by atoms with van der Waals surface area (Å²) in [4.78, 5) is 27.6. The molecule has 0 aliphatic carbocycles. The first kappa shape index (κ1) is 20.8. The molecule has 1 saturated heterocycles. The molecule has 0 atom stereocenters.